The van der Waals surface area contributed by atoms with E-state index in [1.165, 1.54) is 21.3 Å². The molecule has 20 heavy (non-hydrogen) atoms. The van der Waals surface area contributed by atoms with Crippen molar-refractivity contribution >= 4 is 11.9 Å². The molecule has 110 valence electrons. The zero-order valence-electron chi connectivity index (χ0n) is 11.6. The summed E-state index contributed by atoms with van der Waals surface area (Å²) in [4.78, 5) is 21.7. The van der Waals surface area contributed by atoms with E-state index in [2.05, 4.69) is 5.32 Å². The van der Waals surface area contributed by atoms with E-state index in [1.807, 2.05) is 0 Å². The summed E-state index contributed by atoms with van der Waals surface area (Å²) in [5, 5.41) is 11.0. The van der Waals surface area contributed by atoms with Crippen molar-refractivity contribution in [3.63, 3.8) is 0 Å². The third-order valence-corrected chi connectivity index (χ3v) is 2.53. The molecule has 0 aliphatic carbocycles. The molecule has 0 saturated heterocycles. The van der Waals surface area contributed by atoms with Crippen LogP contribution < -0.4 is 19.5 Å². The lowest BCUT2D eigenvalue weighted by Crippen LogP contribution is -2.25. The van der Waals surface area contributed by atoms with Crippen LogP contribution in [-0.4, -0.2) is 38.3 Å². The van der Waals surface area contributed by atoms with Gasteiger partial charge in [-0.3, -0.25) is 9.59 Å². The Hall–Kier alpha value is -2.44. The van der Waals surface area contributed by atoms with Gasteiger partial charge in [0.2, 0.25) is 11.7 Å². The normalized spacial score (nSPS) is 9.75. The molecule has 0 aromatic heterocycles. The van der Waals surface area contributed by atoms with E-state index in [0.29, 0.717) is 22.8 Å². The topological polar surface area (TPSA) is 94.1 Å². The number of hydrogen-bond donors (Lipinski definition) is 2. The van der Waals surface area contributed by atoms with E-state index in [0.717, 1.165) is 0 Å². The number of carbonyl (C=O) groups excluding carboxylic acids is 1. The first kappa shape index (κ1) is 15.6. The van der Waals surface area contributed by atoms with Gasteiger partial charge in [0, 0.05) is 6.54 Å². The molecule has 0 bridgehead atoms. The number of carboxylic acid groups (broad SMARTS) is 1. The van der Waals surface area contributed by atoms with Crippen LogP contribution in [0.1, 0.15) is 12.0 Å². The summed E-state index contributed by atoms with van der Waals surface area (Å²) < 4.78 is 15.5. The maximum absolute atomic E-state index is 11.3. The van der Waals surface area contributed by atoms with E-state index in [9.17, 15) is 9.59 Å². The molecule has 0 fully saturated rings. The highest BCUT2D eigenvalue weighted by atomic mass is 16.5. The highest BCUT2D eigenvalue weighted by molar-refractivity contribution is 5.93. The van der Waals surface area contributed by atoms with Crippen LogP contribution >= 0.6 is 0 Å². The lowest BCUT2D eigenvalue weighted by atomic mass is 10.1. The van der Waals surface area contributed by atoms with Crippen molar-refractivity contribution < 1.29 is 28.9 Å². The molecule has 1 aromatic rings. The first-order valence-electron chi connectivity index (χ1n) is 5.79. The molecule has 2 N–H and O–H groups in total. The molecule has 0 unspecified atom stereocenters. The molecule has 1 aromatic carbocycles. The molecule has 0 heterocycles. The van der Waals surface area contributed by atoms with Crippen molar-refractivity contribution in [1.29, 1.82) is 0 Å². The fourth-order valence-corrected chi connectivity index (χ4v) is 1.64. The summed E-state index contributed by atoms with van der Waals surface area (Å²) in [6.45, 7) is 0.169. The van der Waals surface area contributed by atoms with Gasteiger partial charge in [0.05, 0.1) is 21.3 Å². The lowest BCUT2D eigenvalue weighted by molar-refractivity contribution is -0.140. The molecule has 0 aliphatic rings. The zero-order valence-corrected chi connectivity index (χ0v) is 11.6. The monoisotopic (exact) mass is 283 g/mol. The van der Waals surface area contributed by atoms with Gasteiger partial charge >= 0.3 is 5.97 Å². The maximum atomic E-state index is 11.3. The van der Waals surface area contributed by atoms with E-state index >= 15 is 0 Å². The van der Waals surface area contributed by atoms with Crippen LogP contribution in [0.3, 0.4) is 0 Å². The van der Waals surface area contributed by atoms with Crippen LogP contribution in [0.2, 0.25) is 0 Å². The zero-order chi connectivity index (χ0) is 15.1. The second-order valence-electron chi connectivity index (χ2n) is 3.88. The van der Waals surface area contributed by atoms with Crippen molar-refractivity contribution in [2.24, 2.45) is 0 Å². The molecule has 1 rings (SSSR count). The summed E-state index contributed by atoms with van der Waals surface area (Å²) in [5.41, 5.74) is 0.707. The quantitative estimate of drug-likeness (QED) is 0.719. The molecule has 0 atom stereocenters. The minimum absolute atomic E-state index is 0.169. The SMILES string of the molecule is COc1cc(CNC(=O)CC(=O)O)cc(OC)c1OC. The number of rotatable bonds is 7. The van der Waals surface area contributed by atoms with E-state index < -0.39 is 18.3 Å². The number of methoxy groups -OCH3 is 3. The second kappa shape index (κ2) is 7.22. The fourth-order valence-electron chi connectivity index (χ4n) is 1.64. The van der Waals surface area contributed by atoms with Crippen LogP contribution in [0.5, 0.6) is 17.2 Å². The number of carboxylic acids is 1. The Morgan fingerprint density at radius 2 is 1.65 bits per heavy atom. The fraction of sp³-hybridized carbons (Fsp3) is 0.385. The highest BCUT2D eigenvalue weighted by Gasteiger charge is 2.14. The number of carbonyl (C=O) groups is 2. The van der Waals surface area contributed by atoms with Crippen molar-refractivity contribution in [2.45, 2.75) is 13.0 Å². The lowest BCUT2D eigenvalue weighted by Gasteiger charge is -2.14. The Labute approximate surface area is 116 Å². The number of hydrogen-bond acceptors (Lipinski definition) is 5. The van der Waals surface area contributed by atoms with Crippen molar-refractivity contribution in [1.82, 2.24) is 5.32 Å². The van der Waals surface area contributed by atoms with E-state index in [-0.39, 0.29) is 6.54 Å². The van der Waals surface area contributed by atoms with Crippen LogP contribution in [0.4, 0.5) is 0 Å². The summed E-state index contributed by atoms with van der Waals surface area (Å²) in [6, 6.07) is 3.37. The summed E-state index contributed by atoms with van der Waals surface area (Å²) in [5.74, 6) is -0.349. The van der Waals surface area contributed by atoms with E-state index in [1.54, 1.807) is 12.1 Å². The van der Waals surface area contributed by atoms with Gasteiger partial charge in [-0.1, -0.05) is 0 Å². The molecule has 1 amide bonds. The van der Waals surface area contributed by atoms with Gasteiger partial charge in [0.15, 0.2) is 11.5 Å². The number of benzene rings is 1. The molecule has 0 radical (unpaired) electrons. The third kappa shape index (κ3) is 4.04. The molecule has 0 spiro atoms. The van der Waals surface area contributed by atoms with Gasteiger partial charge in [-0.2, -0.15) is 0 Å². The average Bonchev–Trinajstić information content (AvgIpc) is 2.42. The van der Waals surface area contributed by atoms with Gasteiger partial charge in [0.25, 0.3) is 0 Å². The standard InChI is InChI=1S/C13H17NO6/c1-18-9-4-8(5-10(19-2)13(9)20-3)7-14-11(15)6-12(16)17/h4-5H,6-7H2,1-3H3,(H,14,15)(H,16,17). The Morgan fingerprint density at radius 1 is 1.10 bits per heavy atom. The number of ether oxygens (including phenoxy) is 3. The van der Waals surface area contributed by atoms with Crippen LogP contribution in [0.15, 0.2) is 12.1 Å². The molecule has 7 heteroatoms. The highest BCUT2D eigenvalue weighted by Crippen LogP contribution is 2.38. The number of amides is 1. The number of nitrogens with one attached hydrogen (secondary N) is 1. The van der Waals surface area contributed by atoms with Crippen LogP contribution in [0, 0.1) is 0 Å². The predicted molar refractivity (Wildman–Crippen MR) is 70.2 cm³/mol. The third-order valence-electron chi connectivity index (χ3n) is 2.53. The molecular formula is C13H17NO6. The maximum Gasteiger partial charge on any atom is 0.312 e. The van der Waals surface area contributed by atoms with Crippen LogP contribution in [-0.2, 0) is 16.1 Å². The van der Waals surface area contributed by atoms with Gasteiger partial charge in [-0.25, -0.2) is 0 Å². The second-order valence-corrected chi connectivity index (χ2v) is 3.88. The Kier molecular flexibility index (Phi) is 5.64. The van der Waals surface area contributed by atoms with Crippen LogP contribution in [0.25, 0.3) is 0 Å². The Morgan fingerprint density at radius 3 is 2.05 bits per heavy atom. The van der Waals surface area contributed by atoms with Crippen molar-refractivity contribution in [3.05, 3.63) is 17.7 Å². The van der Waals surface area contributed by atoms with Gasteiger partial charge in [0.1, 0.15) is 6.42 Å². The smallest absolute Gasteiger partial charge is 0.312 e. The molecule has 0 aliphatic heterocycles. The van der Waals surface area contributed by atoms with E-state index in [4.69, 9.17) is 19.3 Å². The minimum atomic E-state index is -1.17. The summed E-state index contributed by atoms with van der Waals surface area (Å²) >= 11 is 0. The first-order valence-corrected chi connectivity index (χ1v) is 5.79. The van der Waals surface area contributed by atoms with Gasteiger partial charge in [-0.05, 0) is 17.7 Å². The summed E-state index contributed by atoms with van der Waals surface area (Å²) in [6.07, 6.45) is -0.565. The minimum Gasteiger partial charge on any atom is -0.493 e. The summed E-state index contributed by atoms with van der Waals surface area (Å²) in [7, 11) is 4.48. The van der Waals surface area contributed by atoms with Gasteiger partial charge < -0.3 is 24.6 Å². The largest absolute Gasteiger partial charge is 0.493 e. The van der Waals surface area contributed by atoms with Crippen molar-refractivity contribution in [3.8, 4) is 17.2 Å². The molecule has 7 nitrogen and oxygen atoms in total. The predicted octanol–water partition coefficient (Wildman–Crippen LogP) is 0.803. The average molecular weight is 283 g/mol. The molecule has 0 saturated carbocycles. The van der Waals surface area contributed by atoms with Gasteiger partial charge in [-0.15, -0.1) is 0 Å². The molecular weight excluding hydrogens is 266 g/mol. The Balaban J connectivity index is 2.85. The van der Waals surface area contributed by atoms with Crippen molar-refractivity contribution in [2.75, 3.05) is 21.3 Å². The number of aliphatic carboxylic acids is 1. The Bertz CT molecular complexity index is 475. The first-order chi connectivity index (χ1) is 9.51.